The van der Waals surface area contributed by atoms with Crippen LogP contribution in [0.15, 0.2) is 59.2 Å². The molecule has 128 valence electrons. The highest BCUT2D eigenvalue weighted by Crippen LogP contribution is 2.38. The molecule has 25 heavy (non-hydrogen) atoms. The maximum atomic E-state index is 12.9. The second-order valence-electron chi connectivity index (χ2n) is 5.27. The van der Waals surface area contributed by atoms with Gasteiger partial charge in [0.15, 0.2) is 17.1 Å². The molecule has 0 aliphatic rings. The minimum absolute atomic E-state index is 0.251. The Morgan fingerprint density at radius 1 is 1.04 bits per heavy atom. The van der Waals surface area contributed by atoms with E-state index in [9.17, 15) is 4.79 Å². The number of furan rings is 1. The van der Waals surface area contributed by atoms with Crippen LogP contribution in [-0.4, -0.2) is 27.1 Å². The van der Waals surface area contributed by atoms with Crippen LogP contribution in [0.1, 0.15) is 15.9 Å². The van der Waals surface area contributed by atoms with Crippen LogP contribution in [0, 0.1) is 0 Å². The first-order valence-corrected chi connectivity index (χ1v) is 7.67. The second kappa shape index (κ2) is 7.13. The van der Waals surface area contributed by atoms with Gasteiger partial charge >= 0.3 is 0 Å². The van der Waals surface area contributed by atoms with E-state index in [1.54, 1.807) is 12.1 Å². The molecule has 1 aromatic heterocycles. The first-order valence-electron chi connectivity index (χ1n) is 7.67. The van der Waals surface area contributed by atoms with E-state index in [4.69, 9.17) is 18.6 Å². The summed E-state index contributed by atoms with van der Waals surface area (Å²) in [5.41, 5.74) is 1.72. The third-order valence-corrected chi connectivity index (χ3v) is 3.88. The van der Waals surface area contributed by atoms with Gasteiger partial charge in [-0.2, -0.15) is 0 Å². The van der Waals surface area contributed by atoms with Crippen LogP contribution in [0.3, 0.4) is 0 Å². The molecule has 0 saturated heterocycles. The van der Waals surface area contributed by atoms with E-state index in [0.717, 1.165) is 5.56 Å². The van der Waals surface area contributed by atoms with Gasteiger partial charge in [-0.1, -0.05) is 30.3 Å². The summed E-state index contributed by atoms with van der Waals surface area (Å²) >= 11 is 0. The molecular weight excluding hydrogens is 320 g/mol. The van der Waals surface area contributed by atoms with Crippen molar-refractivity contribution in [1.82, 2.24) is 0 Å². The fourth-order valence-corrected chi connectivity index (χ4v) is 2.70. The molecule has 3 rings (SSSR count). The van der Waals surface area contributed by atoms with Crippen molar-refractivity contribution in [1.29, 1.82) is 0 Å². The van der Waals surface area contributed by atoms with Crippen LogP contribution < -0.4 is 9.47 Å². The summed E-state index contributed by atoms with van der Waals surface area (Å²) in [6.07, 6.45) is 2.98. The van der Waals surface area contributed by atoms with Crippen molar-refractivity contribution in [3.8, 4) is 11.5 Å². The molecule has 0 fully saturated rings. The summed E-state index contributed by atoms with van der Waals surface area (Å²) in [5, 5.41) is 0.678. The van der Waals surface area contributed by atoms with E-state index < -0.39 is 0 Å². The molecule has 0 aliphatic carbocycles. The lowest BCUT2D eigenvalue weighted by atomic mass is 10.0. The lowest BCUT2D eigenvalue weighted by molar-refractivity contribution is 0.104. The third kappa shape index (κ3) is 3.08. The Morgan fingerprint density at radius 2 is 1.80 bits per heavy atom. The normalized spacial score (nSPS) is 11.4. The van der Waals surface area contributed by atoms with Gasteiger partial charge in [0.1, 0.15) is 11.5 Å². The van der Waals surface area contributed by atoms with Gasteiger partial charge in [-0.25, -0.2) is 0 Å². The average Bonchev–Trinajstić information content (AvgIpc) is 3.15. The number of ketones is 1. The van der Waals surface area contributed by atoms with E-state index >= 15 is 0 Å². The molecule has 0 radical (unpaired) electrons. The Balaban J connectivity index is 2.11. The van der Waals surface area contributed by atoms with Gasteiger partial charge in [0.2, 0.25) is 0 Å². The third-order valence-electron chi connectivity index (χ3n) is 3.88. The highest BCUT2D eigenvalue weighted by molar-refractivity contribution is 6.13. The highest BCUT2D eigenvalue weighted by atomic mass is 16.5. The van der Waals surface area contributed by atoms with Crippen LogP contribution >= 0.6 is 0 Å². The van der Waals surface area contributed by atoms with Gasteiger partial charge in [-0.3, -0.25) is 4.79 Å². The van der Waals surface area contributed by atoms with Crippen molar-refractivity contribution in [2.24, 2.45) is 0 Å². The number of benzene rings is 2. The van der Waals surface area contributed by atoms with Crippen LogP contribution in [0.4, 0.5) is 0 Å². The molecule has 3 aromatic rings. The molecule has 1 heterocycles. The number of ether oxygens (including phenoxy) is 3. The van der Waals surface area contributed by atoms with E-state index in [1.165, 1.54) is 33.7 Å². The number of hydrogen-bond donors (Lipinski definition) is 0. The van der Waals surface area contributed by atoms with Crippen LogP contribution in [-0.2, 0) is 4.74 Å². The minimum atomic E-state index is -0.251. The zero-order valence-electron chi connectivity index (χ0n) is 14.2. The Hall–Kier alpha value is -3.21. The summed E-state index contributed by atoms with van der Waals surface area (Å²) in [6.45, 7) is 0. The van der Waals surface area contributed by atoms with Crippen LogP contribution in [0.5, 0.6) is 11.5 Å². The number of carbonyl (C=O) groups is 1. The Bertz CT molecular complexity index is 922. The van der Waals surface area contributed by atoms with Gasteiger partial charge in [0, 0.05) is 11.6 Å². The van der Waals surface area contributed by atoms with E-state index in [0.29, 0.717) is 33.8 Å². The van der Waals surface area contributed by atoms with E-state index in [1.807, 2.05) is 30.3 Å². The number of rotatable bonds is 6. The maximum absolute atomic E-state index is 12.9. The summed E-state index contributed by atoms with van der Waals surface area (Å²) < 4.78 is 21.6. The van der Waals surface area contributed by atoms with Crippen molar-refractivity contribution in [2.75, 3.05) is 21.3 Å². The summed E-state index contributed by atoms with van der Waals surface area (Å²) in [5.74, 6) is 1.13. The lowest BCUT2D eigenvalue weighted by Gasteiger charge is -2.11. The first kappa shape index (κ1) is 16.6. The number of fused-ring (bicyclic) bond motifs is 1. The molecule has 0 bridgehead atoms. The fourth-order valence-electron chi connectivity index (χ4n) is 2.70. The summed E-state index contributed by atoms with van der Waals surface area (Å²) in [7, 11) is 4.57. The first-order chi connectivity index (χ1) is 12.2. The smallest absolute Gasteiger partial charge is 0.193 e. The summed E-state index contributed by atoms with van der Waals surface area (Å²) in [6, 6.07) is 12.8. The van der Waals surface area contributed by atoms with Crippen molar-refractivity contribution >= 4 is 22.5 Å². The van der Waals surface area contributed by atoms with Crippen LogP contribution in [0.25, 0.3) is 16.7 Å². The van der Waals surface area contributed by atoms with Crippen LogP contribution in [0.2, 0.25) is 0 Å². The van der Waals surface area contributed by atoms with Gasteiger partial charge in [0.05, 0.1) is 38.5 Å². The minimum Gasteiger partial charge on any atom is -0.496 e. The lowest BCUT2D eigenvalue weighted by Crippen LogP contribution is -2.02. The van der Waals surface area contributed by atoms with E-state index in [2.05, 4.69) is 0 Å². The van der Waals surface area contributed by atoms with Gasteiger partial charge < -0.3 is 18.6 Å². The molecule has 0 spiro atoms. The molecule has 5 heteroatoms. The van der Waals surface area contributed by atoms with Crippen molar-refractivity contribution in [3.63, 3.8) is 0 Å². The molecular formula is C20H18O5. The zero-order valence-corrected chi connectivity index (χ0v) is 14.2. The number of allylic oxidation sites excluding steroid dienone is 1. The number of methoxy groups -OCH3 is 3. The Labute approximate surface area is 145 Å². The van der Waals surface area contributed by atoms with Crippen molar-refractivity contribution in [3.05, 3.63) is 65.9 Å². The Morgan fingerprint density at radius 3 is 2.44 bits per heavy atom. The van der Waals surface area contributed by atoms with Gasteiger partial charge in [0.25, 0.3) is 0 Å². The largest absolute Gasteiger partial charge is 0.496 e. The molecule has 5 nitrogen and oxygen atoms in total. The molecule has 0 atom stereocenters. The molecule has 0 amide bonds. The predicted octanol–water partition coefficient (Wildman–Crippen LogP) is 4.32. The van der Waals surface area contributed by atoms with Crippen molar-refractivity contribution in [2.45, 2.75) is 0 Å². The zero-order chi connectivity index (χ0) is 17.8. The van der Waals surface area contributed by atoms with Crippen molar-refractivity contribution < 1.29 is 23.4 Å². The topological polar surface area (TPSA) is 57.9 Å². The SMILES string of the molecule is COC(=CC(=O)c1cc(OC)c2occc2c1OC)c1ccccc1. The fraction of sp³-hybridized carbons (Fsp3) is 0.150. The van der Waals surface area contributed by atoms with Gasteiger partial charge in [-0.05, 0) is 12.1 Å². The second-order valence-corrected chi connectivity index (χ2v) is 5.27. The highest BCUT2D eigenvalue weighted by Gasteiger charge is 2.20. The predicted molar refractivity (Wildman–Crippen MR) is 95.1 cm³/mol. The average molecular weight is 338 g/mol. The summed E-state index contributed by atoms with van der Waals surface area (Å²) in [4.78, 5) is 12.9. The maximum Gasteiger partial charge on any atom is 0.193 e. The molecule has 2 aromatic carbocycles. The standard InChI is InChI=1S/C20H18O5/c1-22-17(13-7-5-4-6-8-13)12-16(21)15-11-18(23-2)20-14(9-10-25-20)19(15)24-3/h4-12H,1-3H3. The quantitative estimate of drug-likeness (QED) is 0.380. The number of hydrogen-bond acceptors (Lipinski definition) is 5. The molecule has 0 N–H and O–H groups in total. The monoisotopic (exact) mass is 338 g/mol. The molecule has 0 saturated carbocycles. The molecule has 0 unspecified atom stereocenters. The van der Waals surface area contributed by atoms with E-state index in [-0.39, 0.29) is 5.78 Å². The molecule has 0 aliphatic heterocycles. The number of carbonyl (C=O) groups excluding carboxylic acids is 1. The van der Waals surface area contributed by atoms with Gasteiger partial charge in [-0.15, -0.1) is 0 Å². The Kier molecular flexibility index (Phi) is 4.75.